The third-order valence-corrected chi connectivity index (χ3v) is 5.79. The van der Waals surface area contributed by atoms with E-state index in [4.69, 9.17) is 5.11 Å². The molecule has 2 aliphatic rings. The van der Waals surface area contributed by atoms with Gasteiger partial charge in [0.2, 0.25) is 0 Å². The zero-order valence-electron chi connectivity index (χ0n) is 12.5. The Kier molecular flexibility index (Phi) is 3.60. The summed E-state index contributed by atoms with van der Waals surface area (Å²) in [5, 5.41) is 8.96. The van der Waals surface area contributed by atoms with Gasteiger partial charge in [-0.3, -0.25) is 4.79 Å². The van der Waals surface area contributed by atoms with Crippen molar-refractivity contribution < 1.29 is 14.7 Å². The second-order valence-corrected chi connectivity index (χ2v) is 6.75. The third-order valence-electron chi connectivity index (χ3n) is 5.79. The summed E-state index contributed by atoms with van der Waals surface area (Å²) in [6, 6.07) is 6.44. The molecule has 3 heteroatoms. The first-order valence-corrected chi connectivity index (χ1v) is 7.91. The van der Waals surface area contributed by atoms with Gasteiger partial charge in [-0.05, 0) is 49.7 Å². The van der Waals surface area contributed by atoms with Crippen LogP contribution in [0.3, 0.4) is 0 Å². The van der Waals surface area contributed by atoms with E-state index < -0.39 is 5.97 Å². The number of aromatic carboxylic acids is 1. The van der Waals surface area contributed by atoms with E-state index in [1.165, 1.54) is 25.0 Å². The average Bonchev–Trinajstić information content (AvgIpc) is 2.46. The first-order valence-electron chi connectivity index (χ1n) is 7.91. The lowest BCUT2D eigenvalue weighted by atomic mass is 9.53. The number of carbonyl (C=O) groups is 2. The summed E-state index contributed by atoms with van der Waals surface area (Å²) in [5.74, 6) is 0.261. The standard InChI is InChI=1S/C18H22O3/c1-18(14-4-2-5-15(18)7-3-6-14)16(19)12-8-10-13(11-9-12)17(20)21/h8-11,14-15H,2-7H2,1H3,(H,20,21). The molecule has 0 spiro atoms. The highest BCUT2D eigenvalue weighted by atomic mass is 16.4. The molecule has 21 heavy (non-hydrogen) atoms. The Hall–Kier alpha value is -1.64. The minimum absolute atomic E-state index is 0.217. The number of carbonyl (C=O) groups excluding carboxylic acids is 1. The fourth-order valence-electron chi connectivity index (χ4n) is 4.49. The number of fused-ring (bicyclic) bond motifs is 2. The molecule has 2 saturated carbocycles. The van der Waals surface area contributed by atoms with Gasteiger partial charge in [-0.15, -0.1) is 0 Å². The van der Waals surface area contributed by atoms with Crippen molar-refractivity contribution in [3.05, 3.63) is 35.4 Å². The van der Waals surface area contributed by atoms with Crippen molar-refractivity contribution in [2.75, 3.05) is 0 Å². The number of rotatable bonds is 3. The smallest absolute Gasteiger partial charge is 0.335 e. The third kappa shape index (κ3) is 2.29. The van der Waals surface area contributed by atoms with E-state index in [1.54, 1.807) is 12.1 Å². The predicted molar refractivity (Wildman–Crippen MR) is 80.5 cm³/mol. The van der Waals surface area contributed by atoms with Crippen LogP contribution in [0.4, 0.5) is 0 Å². The van der Waals surface area contributed by atoms with E-state index in [1.807, 2.05) is 0 Å². The first kappa shape index (κ1) is 14.3. The Morgan fingerprint density at radius 2 is 1.38 bits per heavy atom. The molecule has 1 N–H and O–H groups in total. The Bertz CT molecular complexity index is 536. The number of carboxylic acid groups (broad SMARTS) is 1. The van der Waals surface area contributed by atoms with Gasteiger partial charge in [0.25, 0.3) is 0 Å². The molecule has 1 aromatic carbocycles. The monoisotopic (exact) mass is 286 g/mol. The highest BCUT2D eigenvalue weighted by Gasteiger charge is 2.50. The zero-order valence-corrected chi connectivity index (χ0v) is 12.5. The molecule has 0 radical (unpaired) electrons. The number of carboxylic acids is 1. The second kappa shape index (κ2) is 5.28. The van der Waals surface area contributed by atoms with Crippen molar-refractivity contribution in [2.45, 2.75) is 45.4 Å². The largest absolute Gasteiger partial charge is 0.478 e. The van der Waals surface area contributed by atoms with Crippen molar-refractivity contribution in [2.24, 2.45) is 17.3 Å². The first-order chi connectivity index (χ1) is 10.0. The van der Waals surface area contributed by atoms with Crippen LogP contribution in [0, 0.1) is 17.3 Å². The number of hydrogen-bond donors (Lipinski definition) is 1. The van der Waals surface area contributed by atoms with Crippen molar-refractivity contribution in [1.82, 2.24) is 0 Å². The lowest BCUT2D eigenvalue weighted by molar-refractivity contribution is 0.00692. The van der Waals surface area contributed by atoms with Crippen LogP contribution in [0.5, 0.6) is 0 Å². The van der Waals surface area contributed by atoms with Crippen LogP contribution in [-0.4, -0.2) is 16.9 Å². The fraction of sp³-hybridized carbons (Fsp3) is 0.556. The van der Waals surface area contributed by atoms with Gasteiger partial charge in [0.15, 0.2) is 5.78 Å². The van der Waals surface area contributed by atoms with Crippen LogP contribution in [0.2, 0.25) is 0 Å². The maximum atomic E-state index is 13.1. The van der Waals surface area contributed by atoms with Gasteiger partial charge in [-0.25, -0.2) is 4.79 Å². The molecule has 0 heterocycles. The summed E-state index contributed by atoms with van der Waals surface area (Å²) in [7, 11) is 0. The molecule has 0 aliphatic heterocycles. The number of Topliss-reactive ketones (excluding diaryl/α,β-unsaturated/α-hetero) is 1. The fourth-order valence-corrected chi connectivity index (χ4v) is 4.49. The van der Waals surface area contributed by atoms with Gasteiger partial charge in [-0.2, -0.15) is 0 Å². The van der Waals surface area contributed by atoms with Crippen LogP contribution >= 0.6 is 0 Å². The highest BCUT2D eigenvalue weighted by Crippen LogP contribution is 2.54. The maximum absolute atomic E-state index is 13.1. The van der Waals surface area contributed by atoms with Crippen molar-refractivity contribution in [3.8, 4) is 0 Å². The lowest BCUT2D eigenvalue weighted by Gasteiger charge is -2.50. The molecule has 3 nitrogen and oxygen atoms in total. The Morgan fingerprint density at radius 1 is 0.952 bits per heavy atom. The quantitative estimate of drug-likeness (QED) is 0.848. The van der Waals surface area contributed by atoms with E-state index in [0.29, 0.717) is 17.4 Å². The van der Waals surface area contributed by atoms with Gasteiger partial charge in [-0.1, -0.05) is 31.9 Å². The number of benzene rings is 1. The summed E-state index contributed by atoms with van der Waals surface area (Å²) in [6.45, 7) is 2.15. The van der Waals surface area contributed by atoms with Crippen LogP contribution in [-0.2, 0) is 0 Å². The summed E-state index contributed by atoms with van der Waals surface area (Å²) >= 11 is 0. The summed E-state index contributed by atoms with van der Waals surface area (Å²) in [5.41, 5.74) is 0.656. The molecular weight excluding hydrogens is 264 g/mol. The van der Waals surface area contributed by atoms with Crippen LogP contribution in [0.25, 0.3) is 0 Å². The molecule has 0 atom stereocenters. The second-order valence-electron chi connectivity index (χ2n) is 6.75. The Morgan fingerprint density at radius 3 is 1.81 bits per heavy atom. The molecule has 0 amide bonds. The molecule has 1 aromatic rings. The van der Waals surface area contributed by atoms with Gasteiger partial charge in [0.1, 0.15) is 0 Å². The summed E-state index contributed by atoms with van der Waals surface area (Å²) in [4.78, 5) is 24.0. The SMILES string of the molecule is CC1(C(=O)c2ccc(C(=O)O)cc2)C2CCCC1CCC2. The van der Waals surface area contributed by atoms with Crippen LogP contribution in [0.15, 0.2) is 24.3 Å². The highest BCUT2D eigenvalue weighted by molar-refractivity contribution is 6.01. The summed E-state index contributed by atoms with van der Waals surface area (Å²) in [6.07, 6.45) is 7.13. The molecule has 0 saturated heterocycles. The molecule has 2 bridgehead atoms. The molecule has 2 aliphatic carbocycles. The topological polar surface area (TPSA) is 54.4 Å². The molecular formula is C18H22O3. The molecule has 3 rings (SSSR count). The normalized spacial score (nSPS) is 31.7. The number of hydrogen-bond acceptors (Lipinski definition) is 2. The van der Waals surface area contributed by atoms with Gasteiger partial charge >= 0.3 is 5.97 Å². The zero-order chi connectivity index (χ0) is 15.0. The molecule has 0 unspecified atom stereocenters. The van der Waals surface area contributed by atoms with Crippen molar-refractivity contribution in [3.63, 3.8) is 0 Å². The Balaban J connectivity index is 1.91. The Labute approximate surface area is 125 Å². The molecule has 112 valence electrons. The van der Waals surface area contributed by atoms with E-state index in [0.717, 1.165) is 25.7 Å². The summed E-state index contributed by atoms with van der Waals surface area (Å²) < 4.78 is 0. The van der Waals surface area contributed by atoms with Crippen LogP contribution in [0.1, 0.15) is 66.2 Å². The molecule has 2 fully saturated rings. The maximum Gasteiger partial charge on any atom is 0.335 e. The van der Waals surface area contributed by atoms with Crippen LogP contribution < -0.4 is 0 Å². The van der Waals surface area contributed by atoms with E-state index >= 15 is 0 Å². The van der Waals surface area contributed by atoms with Crippen molar-refractivity contribution >= 4 is 11.8 Å². The molecule has 0 aromatic heterocycles. The lowest BCUT2D eigenvalue weighted by Crippen LogP contribution is -2.47. The van der Waals surface area contributed by atoms with Crippen molar-refractivity contribution in [1.29, 1.82) is 0 Å². The van der Waals surface area contributed by atoms with Gasteiger partial charge < -0.3 is 5.11 Å². The van der Waals surface area contributed by atoms with Gasteiger partial charge in [0.05, 0.1) is 5.56 Å². The number of ketones is 1. The predicted octanol–water partition coefficient (Wildman–Crippen LogP) is 4.17. The van der Waals surface area contributed by atoms with Gasteiger partial charge in [0, 0.05) is 11.0 Å². The van der Waals surface area contributed by atoms with E-state index in [2.05, 4.69) is 6.92 Å². The average molecular weight is 286 g/mol. The minimum atomic E-state index is -0.949. The van der Waals surface area contributed by atoms with E-state index in [9.17, 15) is 9.59 Å². The van der Waals surface area contributed by atoms with E-state index in [-0.39, 0.29) is 16.8 Å². The minimum Gasteiger partial charge on any atom is -0.478 e.